The van der Waals surface area contributed by atoms with Crippen molar-refractivity contribution in [2.45, 2.75) is 26.3 Å². The van der Waals surface area contributed by atoms with E-state index in [1.54, 1.807) is 11.3 Å². The number of benzene rings is 1. The van der Waals surface area contributed by atoms with Crippen LogP contribution in [0.15, 0.2) is 24.3 Å². The molecule has 0 aliphatic rings. The Bertz CT molecular complexity index is 464. The van der Waals surface area contributed by atoms with E-state index < -0.39 is 0 Å². The fourth-order valence-electron chi connectivity index (χ4n) is 1.86. The molecule has 1 heterocycles. The van der Waals surface area contributed by atoms with Crippen LogP contribution in [0.3, 0.4) is 0 Å². The summed E-state index contributed by atoms with van der Waals surface area (Å²) >= 11 is 1.75. The molecule has 0 aliphatic heterocycles. The van der Waals surface area contributed by atoms with Crippen molar-refractivity contribution in [2.75, 3.05) is 13.2 Å². The van der Waals surface area contributed by atoms with Crippen LogP contribution in [0.4, 0.5) is 0 Å². The molecule has 0 fully saturated rings. The molecule has 2 aromatic rings. The Morgan fingerprint density at radius 2 is 2.11 bits per heavy atom. The van der Waals surface area contributed by atoms with Gasteiger partial charge in [-0.25, -0.2) is 4.98 Å². The van der Waals surface area contributed by atoms with Crippen LogP contribution in [0.25, 0.3) is 10.2 Å². The summed E-state index contributed by atoms with van der Waals surface area (Å²) in [5.41, 5.74) is 1.08. The molecule has 0 aliphatic carbocycles. The van der Waals surface area contributed by atoms with Gasteiger partial charge in [-0.15, -0.1) is 11.3 Å². The molecule has 2 N–H and O–H groups in total. The average molecular weight is 264 g/mol. The largest absolute Gasteiger partial charge is 0.396 e. The number of para-hydroxylation sites is 1. The Morgan fingerprint density at radius 3 is 2.83 bits per heavy atom. The number of nitrogens with one attached hydrogen (secondary N) is 1. The number of fused-ring (bicyclic) bond motifs is 1. The number of aliphatic hydroxyl groups excluding tert-OH is 1. The fourth-order valence-corrected chi connectivity index (χ4v) is 2.86. The molecule has 0 saturated heterocycles. The first-order chi connectivity index (χ1) is 8.70. The van der Waals surface area contributed by atoms with E-state index in [1.807, 2.05) is 12.1 Å². The second-order valence-electron chi connectivity index (χ2n) is 4.77. The van der Waals surface area contributed by atoms with E-state index >= 15 is 0 Å². The highest BCUT2D eigenvalue weighted by Crippen LogP contribution is 2.26. The van der Waals surface area contributed by atoms with Crippen LogP contribution in [-0.4, -0.2) is 23.2 Å². The molecule has 0 amide bonds. The van der Waals surface area contributed by atoms with Gasteiger partial charge >= 0.3 is 0 Å². The van der Waals surface area contributed by atoms with Crippen molar-refractivity contribution in [3.63, 3.8) is 0 Å². The van der Waals surface area contributed by atoms with E-state index in [1.165, 1.54) is 4.70 Å². The maximum absolute atomic E-state index is 8.88. The predicted molar refractivity (Wildman–Crippen MR) is 76.9 cm³/mol. The summed E-state index contributed by atoms with van der Waals surface area (Å²) in [4.78, 5) is 4.64. The number of aromatic nitrogens is 1. The third-order valence-electron chi connectivity index (χ3n) is 3.08. The highest BCUT2D eigenvalue weighted by molar-refractivity contribution is 7.18. The zero-order valence-electron chi connectivity index (χ0n) is 10.9. The van der Waals surface area contributed by atoms with Crippen molar-refractivity contribution in [3.8, 4) is 0 Å². The zero-order chi connectivity index (χ0) is 13.0. The second-order valence-corrected chi connectivity index (χ2v) is 5.83. The summed E-state index contributed by atoms with van der Waals surface area (Å²) in [6, 6.07) is 8.50. The maximum atomic E-state index is 8.88. The van der Waals surface area contributed by atoms with Crippen LogP contribution in [0, 0.1) is 5.92 Å². The van der Waals surface area contributed by atoms with Crippen LogP contribution in [0.1, 0.15) is 31.3 Å². The lowest BCUT2D eigenvalue weighted by atomic mass is 10.1. The molecule has 4 heteroatoms. The summed E-state index contributed by atoms with van der Waals surface area (Å²) in [5, 5.41) is 13.5. The van der Waals surface area contributed by atoms with Crippen LogP contribution in [0.2, 0.25) is 0 Å². The number of nitrogens with zero attached hydrogens (tertiary/aromatic N) is 1. The quantitative estimate of drug-likeness (QED) is 0.843. The van der Waals surface area contributed by atoms with Gasteiger partial charge in [0, 0.05) is 6.61 Å². The Hall–Kier alpha value is -0.970. The maximum Gasteiger partial charge on any atom is 0.111 e. The Balaban J connectivity index is 1.98. The van der Waals surface area contributed by atoms with Gasteiger partial charge in [0.25, 0.3) is 0 Å². The molecule has 0 bridgehead atoms. The molecule has 2 atom stereocenters. The third-order valence-corrected chi connectivity index (χ3v) is 4.29. The molecule has 2 unspecified atom stereocenters. The van der Waals surface area contributed by atoms with E-state index in [0.29, 0.717) is 5.92 Å². The highest BCUT2D eigenvalue weighted by atomic mass is 32.1. The van der Waals surface area contributed by atoms with Gasteiger partial charge in [-0.05, 0) is 37.9 Å². The molecule has 3 nitrogen and oxygen atoms in total. The van der Waals surface area contributed by atoms with Crippen molar-refractivity contribution in [3.05, 3.63) is 29.3 Å². The number of rotatable bonds is 6. The normalized spacial score (nSPS) is 14.8. The molecule has 98 valence electrons. The first kappa shape index (κ1) is 13.5. The van der Waals surface area contributed by atoms with Gasteiger partial charge in [-0.1, -0.05) is 19.1 Å². The van der Waals surface area contributed by atoms with Crippen LogP contribution in [-0.2, 0) is 0 Å². The molecule has 0 spiro atoms. The van der Waals surface area contributed by atoms with E-state index in [-0.39, 0.29) is 12.6 Å². The molecule has 1 aromatic heterocycles. The summed E-state index contributed by atoms with van der Waals surface area (Å²) in [7, 11) is 0. The summed E-state index contributed by atoms with van der Waals surface area (Å²) in [5.74, 6) is 0.492. The number of hydrogen-bond donors (Lipinski definition) is 2. The van der Waals surface area contributed by atoms with Crippen molar-refractivity contribution in [2.24, 2.45) is 5.92 Å². The van der Waals surface area contributed by atoms with Gasteiger partial charge in [0.05, 0.1) is 16.3 Å². The summed E-state index contributed by atoms with van der Waals surface area (Å²) in [6.07, 6.45) is 0.847. The number of hydrogen-bond acceptors (Lipinski definition) is 4. The average Bonchev–Trinajstić information content (AvgIpc) is 2.80. The van der Waals surface area contributed by atoms with Gasteiger partial charge in [-0.3, -0.25) is 0 Å². The monoisotopic (exact) mass is 264 g/mol. The molecular formula is C14H20N2OS. The minimum atomic E-state index is 0.262. The van der Waals surface area contributed by atoms with Gasteiger partial charge in [0.15, 0.2) is 0 Å². The Kier molecular flexibility index (Phi) is 4.69. The fraction of sp³-hybridized carbons (Fsp3) is 0.500. The lowest BCUT2D eigenvalue weighted by molar-refractivity contribution is 0.258. The van der Waals surface area contributed by atoms with Crippen molar-refractivity contribution < 1.29 is 5.11 Å². The molecule has 1 aromatic carbocycles. The first-order valence-corrected chi connectivity index (χ1v) is 7.22. The summed E-state index contributed by atoms with van der Waals surface area (Å²) in [6.45, 7) is 5.47. The molecule has 18 heavy (non-hydrogen) atoms. The Morgan fingerprint density at radius 1 is 1.33 bits per heavy atom. The van der Waals surface area contributed by atoms with Gasteiger partial charge in [-0.2, -0.15) is 0 Å². The van der Waals surface area contributed by atoms with Gasteiger partial charge in [0.2, 0.25) is 0 Å². The van der Waals surface area contributed by atoms with E-state index in [4.69, 9.17) is 5.11 Å². The molecule has 2 rings (SSSR count). The van der Waals surface area contributed by atoms with E-state index in [9.17, 15) is 0 Å². The van der Waals surface area contributed by atoms with Crippen molar-refractivity contribution >= 4 is 21.6 Å². The van der Waals surface area contributed by atoms with Crippen molar-refractivity contribution in [1.29, 1.82) is 0 Å². The first-order valence-electron chi connectivity index (χ1n) is 6.40. The molecule has 0 radical (unpaired) electrons. The third kappa shape index (κ3) is 3.28. The summed E-state index contributed by atoms with van der Waals surface area (Å²) < 4.78 is 1.24. The van der Waals surface area contributed by atoms with Gasteiger partial charge < -0.3 is 10.4 Å². The van der Waals surface area contributed by atoms with Crippen LogP contribution < -0.4 is 5.32 Å². The smallest absolute Gasteiger partial charge is 0.111 e. The molecular weight excluding hydrogens is 244 g/mol. The number of aliphatic hydroxyl groups is 1. The lowest BCUT2D eigenvalue weighted by Gasteiger charge is -2.15. The Labute approximate surface area is 112 Å². The minimum absolute atomic E-state index is 0.262. The standard InChI is InChI=1S/C14H20N2OS/c1-10(7-8-17)9-15-11(2)14-16-12-5-3-4-6-13(12)18-14/h3-6,10-11,15,17H,7-9H2,1-2H3. The van der Waals surface area contributed by atoms with Crippen LogP contribution >= 0.6 is 11.3 Å². The SMILES string of the molecule is CC(CCO)CNC(C)c1nc2ccccc2s1. The zero-order valence-corrected chi connectivity index (χ0v) is 11.7. The number of thiazole rings is 1. The minimum Gasteiger partial charge on any atom is -0.396 e. The van der Waals surface area contributed by atoms with Gasteiger partial charge in [0.1, 0.15) is 5.01 Å². The van der Waals surface area contributed by atoms with E-state index in [0.717, 1.165) is 23.5 Å². The topological polar surface area (TPSA) is 45.1 Å². The predicted octanol–water partition coefficient (Wildman–Crippen LogP) is 2.97. The van der Waals surface area contributed by atoms with E-state index in [2.05, 4.69) is 36.3 Å². The second kappa shape index (κ2) is 6.27. The van der Waals surface area contributed by atoms with Crippen LogP contribution in [0.5, 0.6) is 0 Å². The lowest BCUT2D eigenvalue weighted by Crippen LogP contribution is -2.24. The highest BCUT2D eigenvalue weighted by Gasteiger charge is 2.11. The van der Waals surface area contributed by atoms with Crippen molar-refractivity contribution in [1.82, 2.24) is 10.3 Å². The molecule has 0 saturated carbocycles.